The Morgan fingerprint density at radius 2 is 1.97 bits per heavy atom. The maximum Gasteiger partial charge on any atom is 0.357 e. The molecule has 4 rings (SSSR count). The number of hydrogen-bond donors (Lipinski definition) is 1. The van der Waals surface area contributed by atoms with Crippen molar-refractivity contribution >= 4 is 57.5 Å². The monoisotopic (exact) mass is 509 g/mol. The van der Waals surface area contributed by atoms with Crippen molar-refractivity contribution < 1.29 is 19.1 Å². The normalized spacial score (nSPS) is 17.1. The summed E-state index contributed by atoms with van der Waals surface area (Å²) in [6, 6.07) is 2.60. The zero-order valence-corrected chi connectivity index (χ0v) is 20.6. The first-order chi connectivity index (χ1) is 15.9. The molecule has 33 heavy (non-hydrogen) atoms. The highest BCUT2D eigenvalue weighted by Gasteiger charge is 2.38. The van der Waals surface area contributed by atoms with Crippen LogP contribution in [-0.4, -0.2) is 40.3 Å². The topological polar surface area (TPSA) is 88.6 Å². The second-order valence-corrected chi connectivity index (χ2v) is 10.0. The van der Waals surface area contributed by atoms with E-state index in [4.69, 9.17) is 27.9 Å². The summed E-state index contributed by atoms with van der Waals surface area (Å²) in [5, 5.41) is 5.35. The Morgan fingerprint density at radius 1 is 1.24 bits per heavy atom. The van der Waals surface area contributed by atoms with Gasteiger partial charge in [-0.25, -0.2) is 9.78 Å². The number of anilines is 1. The lowest BCUT2D eigenvalue weighted by atomic mass is 9.84. The molecule has 1 saturated carbocycles. The van der Waals surface area contributed by atoms with Gasteiger partial charge in [0, 0.05) is 17.5 Å². The van der Waals surface area contributed by atoms with E-state index in [9.17, 15) is 14.4 Å². The van der Waals surface area contributed by atoms with Crippen molar-refractivity contribution in [1.82, 2.24) is 9.88 Å². The molecule has 1 aromatic heterocycles. The predicted molar refractivity (Wildman–Crippen MR) is 128 cm³/mol. The third kappa shape index (κ3) is 5.34. The van der Waals surface area contributed by atoms with Gasteiger partial charge in [0.25, 0.3) is 5.91 Å². The van der Waals surface area contributed by atoms with Crippen LogP contribution in [0.2, 0.25) is 10.0 Å². The van der Waals surface area contributed by atoms with Crippen LogP contribution in [0.25, 0.3) is 0 Å². The lowest BCUT2D eigenvalue weighted by Gasteiger charge is -2.31. The van der Waals surface area contributed by atoms with Crippen LogP contribution in [0.5, 0.6) is 0 Å². The molecule has 1 aliphatic heterocycles. The Balaban J connectivity index is 1.55. The first kappa shape index (κ1) is 24.0. The number of halogens is 2. The van der Waals surface area contributed by atoms with E-state index in [0.717, 1.165) is 42.6 Å². The summed E-state index contributed by atoms with van der Waals surface area (Å²) in [6.45, 7) is 2.25. The second-order valence-electron chi connectivity index (χ2n) is 8.36. The fraction of sp³-hybridized carbons (Fsp3) is 0.478. The van der Waals surface area contributed by atoms with E-state index < -0.39 is 12.0 Å². The summed E-state index contributed by atoms with van der Waals surface area (Å²) >= 11 is 13.4. The third-order valence-electron chi connectivity index (χ3n) is 6.16. The quantitative estimate of drug-likeness (QED) is 0.493. The fourth-order valence-corrected chi connectivity index (χ4v) is 5.55. The van der Waals surface area contributed by atoms with Gasteiger partial charge in [-0.1, -0.05) is 55.3 Å². The van der Waals surface area contributed by atoms with Crippen LogP contribution in [0.15, 0.2) is 17.5 Å². The fourth-order valence-electron chi connectivity index (χ4n) is 4.51. The molecule has 1 aromatic carbocycles. The van der Waals surface area contributed by atoms with Gasteiger partial charge >= 0.3 is 5.97 Å². The molecule has 1 fully saturated rings. The first-order valence-corrected chi connectivity index (χ1v) is 12.7. The maximum atomic E-state index is 13.4. The SMILES string of the molecule is CCOC(=O)c1csc(NC(=O)[C@H](CC2CCCCC2)N2Cc3cc(Cl)c(Cl)cc3C2=O)n1. The standard InChI is InChI=1S/C23H25Cl2N3O4S/c1-2-32-22(31)18-12-33-23(26-18)27-20(29)19(8-13-6-4-3-5-7-13)28-11-14-9-16(24)17(25)10-15(14)21(28)30/h9-10,12-13,19H,2-8,11H2,1H3,(H,26,27,29)/t19-/m0/s1. The molecule has 0 radical (unpaired) electrons. The number of amides is 2. The molecule has 2 aliphatic rings. The summed E-state index contributed by atoms with van der Waals surface area (Å²) in [4.78, 5) is 44.3. The van der Waals surface area contributed by atoms with Crippen LogP contribution in [-0.2, 0) is 16.1 Å². The molecule has 0 bridgehead atoms. The van der Waals surface area contributed by atoms with Gasteiger partial charge in [0.05, 0.1) is 16.7 Å². The number of hydrogen-bond acceptors (Lipinski definition) is 6. The van der Waals surface area contributed by atoms with Gasteiger partial charge in [-0.15, -0.1) is 11.3 Å². The van der Waals surface area contributed by atoms with Gasteiger partial charge < -0.3 is 15.0 Å². The molecule has 10 heteroatoms. The lowest BCUT2D eigenvalue weighted by Crippen LogP contribution is -2.45. The summed E-state index contributed by atoms with van der Waals surface area (Å²) in [5.74, 6) is -0.717. The van der Waals surface area contributed by atoms with Crippen LogP contribution in [0.1, 0.15) is 71.9 Å². The Kier molecular flexibility index (Phi) is 7.56. The Bertz CT molecular complexity index is 1070. The third-order valence-corrected chi connectivity index (χ3v) is 7.64. The Labute approximate surface area is 206 Å². The molecular weight excluding hydrogens is 485 g/mol. The largest absolute Gasteiger partial charge is 0.461 e. The Hall–Kier alpha value is -2.16. The maximum absolute atomic E-state index is 13.4. The van der Waals surface area contributed by atoms with Gasteiger partial charge in [0.1, 0.15) is 6.04 Å². The number of esters is 1. The number of carbonyl (C=O) groups excluding carboxylic acids is 3. The average molecular weight is 510 g/mol. The van der Waals surface area contributed by atoms with Crippen LogP contribution < -0.4 is 5.32 Å². The average Bonchev–Trinajstić information content (AvgIpc) is 3.38. The molecule has 7 nitrogen and oxygen atoms in total. The predicted octanol–water partition coefficient (Wildman–Crippen LogP) is 5.56. The number of thiazole rings is 1. The number of nitrogens with zero attached hydrogens (tertiary/aromatic N) is 2. The van der Waals surface area contributed by atoms with Crippen molar-refractivity contribution in [2.75, 3.05) is 11.9 Å². The van der Waals surface area contributed by atoms with Crippen molar-refractivity contribution in [3.63, 3.8) is 0 Å². The highest BCUT2D eigenvalue weighted by atomic mass is 35.5. The Morgan fingerprint density at radius 3 is 2.70 bits per heavy atom. The van der Waals surface area contributed by atoms with Crippen molar-refractivity contribution in [3.05, 3.63) is 44.4 Å². The van der Waals surface area contributed by atoms with Crippen molar-refractivity contribution in [3.8, 4) is 0 Å². The zero-order valence-electron chi connectivity index (χ0n) is 18.2. The van der Waals surface area contributed by atoms with Gasteiger partial charge in [0.15, 0.2) is 10.8 Å². The molecule has 2 heterocycles. The van der Waals surface area contributed by atoms with E-state index in [2.05, 4.69) is 10.3 Å². The minimum Gasteiger partial charge on any atom is -0.461 e. The highest BCUT2D eigenvalue weighted by Crippen LogP contribution is 2.35. The van der Waals surface area contributed by atoms with E-state index >= 15 is 0 Å². The molecule has 0 saturated heterocycles. The summed E-state index contributed by atoms with van der Waals surface area (Å²) in [7, 11) is 0. The molecular formula is C23H25Cl2N3O4S. The molecule has 176 valence electrons. The molecule has 1 aliphatic carbocycles. The van der Waals surface area contributed by atoms with Crippen LogP contribution >= 0.6 is 34.5 Å². The lowest BCUT2D eigenvalue weighted by molar-refractivity contribution is -0.121. The van der Waals surface area contributed by atoms with Crippen molar-refractivity contribution in [2.45, 2.75) is 58.0 Å². The highest BCUT2D eigenvalue weighted by molar-refractivity contribution is 7.14. The van der Waals surface area contributed by atoms with E-state index in [1.165, 1.54) is 6.42 Å². The van der Waals surface area contributed by atoms with E-state index in [-0.39, 0.29) is 24.1 Å². The summed E-state index contributed by atoms with van der Waals surface area (Å²) < 4.78 is 4.96. The van der Waals surface area contributed by atoms with E-state index in [1.807, 2.05) is 0 Å². The molecule has 0 unspecified atom stereocenters. The number of aromatic nitrogens is 1. The summed E-state index contributed by atoms with van der Waals surface area (Å²) in [6.07, 6.45) is 6.13. The zero-order chi connectivity index (χ0) is 23.5. The minimum atomic E-state index is -0.666. The van der Waals surface area contributed by atoms with Crippen LogP contribution in [0.3, 0.4) is 0 Å². The molecule has 2 aromatic rings. The molecule has 1 atom stereocenters. The number of fused-ring (bicyclic) bond motifs is 1. The van der Waals surface area contributed by atoms with Gasteiger partial charge in [-0.05, 0) is 37.0 Å². The number of nitrogens with one attached hydrogen (secondary N) is 1. The van der Waals surface area contributed by atoms with Gasteiger partial charge in [-0.2, -0.15) is 0 Å². The van der Waals surface area contributed by atoms with Crippen LogP contribution in [0.4, 0.5) is 5.13 Å². The van der Waals surface area contributed by atoms with Crippen molar-refractivity contribution in [1.29, 1.82) is 0 Å². The molecule has 1 N–H and O–H groups in total. The molecule has 2 amide bonds. The van der Waals surface area contributed by atoms with Crippen molar-refractivity contribution in [2.24, 2.45) is 5.92 Å². The number of ether oxygens (including phenoxy) is 1. The van der Waals surface area contributed by atoms with E-state index in [0.29, 0.717) is 39.6 Å². The molecule has 0 spiro atoms. The van der Waals surface area contributed by atoms with E-state index in [1.54, 1.807) is 29.3 Å². The second kappa shape index (κ2) is 10.4. The number of benzene rings is 1. The smallest absolute Gasteiger partial charge is 0.357 e. The first-order valence-electron chi connectivity index (χ1n) is 11.1. The number of rotatable bonds is 7. The van der Waals surface area contributed by atoms with Crippen LogP contribution in [0, 0.1) is 5.92 Å². The van der Waals surface area contributed by atoms with Gasteiger partial charge in [0.2, 0.25) is 5.91 Å². The minimum absolute atomic E-state index is 0.148. The van der Waals surface area contributed by atoms with Gasteiger partial charge in [-0.3, -0.25) is 9.59 Å². The summed E-state index contributed by atoms with van der Waals surface area (Å²) in [5.41, 5.74) is 1.38. The number of carbonyl (C=O) groups is 3.